The highest BCUT2D eigenvalue weighted by Crippen LogP contribution is 2.30. The van der Waals surface area contributed by atoms with E-state index in [1.165, 1.54) is 24.3 Å². The number of thiazole rings is 1. The zero-order valence-electron chi connectivity index (χ0n) is 11.4. The third-order valence-electron chi connectivity index (χ3n) is 3.08. The molecule has 3 aromatic rings. The average molecular weight is 304 g/mol. The monoisotopic (exact) mass is 304 g/mol. The highest BCUT2D eigenvalue weighted by atomic mass is 32.1. The molecule has 0 aliphatic rings. The van der Waals surface area contributed by atoms with Crippen LogP contribution in [-0.4, -0.2) is 27.2 Å². The summed E-state index contributed by atoms with van der Waals surface area (Å²) >= 11 is 1.31. The number of hydrogen-bond acceptors (Lipinski definition) is 4. The van der Waals surface area contributed by atoms with Gasteiger partial charge in [-0.2, -0.15) is 5.10 Å². The second kappa shape index (κ2) is 5.61. The lowest BCUT2D eigenvalue weighted by molar-refractivity contribution is -0.116. The van der Waals surface area contributed by atoms with Crippen molar-refractivity contribution in [2.45, 2.75) is 13.5 Å². The minimum atomic E-state index is -0.370. The van der Waals surface area contributed by atoms with Crippen LogP contribution in [0.1, 0.15) is 6.92 Å². The Morgan fingerprint density at radius 2 is 2.29 bits per heavy atom. The number of hydrogen-bond donors (Lipinski definition) is 0. The van der Waals surface area contributed by atoms with Crippen LogP contribution in [0.15, 0.2) is 36.7 Å². The molecule has 3 rings (SSSR count). The molecule has 7 heteroatoms. The molecule has 0 bridgehead atoms. The minimum Gasteiger partial charge on any atom is -0.286 e. The van der Waals surface area contributed by atoms with Crippen molar-refractivity contribution in [1.29, 1.82) is 0 Å². The Kier molecular flexibility index (Phi) is 3.66. The number of para-hydroxylation sites is 1. The van der Waals surface area contributed by atoms with Crippen LogP contribution in [0.3, 0.4) is 0 Å². The van der Waals surface area contributed by atoms with Gasteiger partial charge in [-0.1, -0.05) is 17.4 Å². The number of nitrogens with zero attached hydrogens (tertiary/aromatic N) is 4. The van der Waals surface area contributed by atoms with Crippen LogP contribution in [0.5, 0.6) is 0 Å². The number of carbonyl (C=O) groups excluding carboxylic acids is 1. The number of carbonyl (C=O) groups is 1. The average Bonchev–Trinajstić information content (AvgIpc) is 3.08. The van der Waals surface area contributed by atoms with Crippen LogP contribution >= 0.6 is 11.3 Å². The summed E-state index contributed by atoms with van der Waals surface area (Å²) in [6, 6.07) is 6.63. The van der Waals surface area contributed by atoms with E-state index < -0.39 is 0 Å². The molecule has 0 unspecified atom stereocenters. The number of aromatic nitrogens is 3. The molecule has 0 saturated carbocycles. The lowest BCUT2D eigenvalue weighted by Gasteiger charge is -2.17. The fourth-order valence-corrected chi connectivity index (χ4v) is 3.09. The predicted octanol–water partition coefficient (Wildman–Crippen LogP) is 2.69. The second-order valence-electron chi connectivity index (χ2n) is 4.52. The number of amides is 1. The standard InChI is InChI=1S/C14H13FN4OS/c1-10(20)19(9-8-18-7-3-6-16-18)14-17-13-11(15)4-2-5-12(13)21-14/h2-7H,8-9H2,1H3. The van der Waals surface area contributed by atoms with Crippen LogP contribution in [0.4, 0.5) is 9.52 Å². The molecule has 0 fully saturated rings. The van der Waals surface area contributed by atoms with Gasteiger partial charge in [-0.15, -0.1) is 0 Å². The Morgan fingerprint density at radius 1 is 1.43 bits per heavy atom. The maximum Gasteiger partial charge on any atom is 0.225 e. The number of halogens is 1. The first-order valence-electron chi connectivity index (χ1n) is 6.46. The van der Waals surface area contributed by atoms with Crippen molar-refractivity contribution >= 4 is 32.6 Å². The number of fused-ring (bicyclic) bond motifs is 1. The Bertz CT molecular complexity index is 768. The molecule has 2 aromatic heterocycles. The molecule has 0 atom stereocenters. The van der Waals surface area contributed by atoms with Gasteiger partial charge in [-0.25, -0.2) is 9.37 Å². The van der Waals surface area contributed by atoms with Crippen molar-refractivity contribution in [1.82, 2.24) is 14.8 Å². The number of anilines is 1. The van der Waals surface area contributed by atoms with Gasteiger partial charge in [-0.3, -0.25) is 14.4 Å². The summed E-state index contributed by atoms with van der Waals surface area (Å²) in [5.41, 5.74) is 0.308. The quantitative estimate of drug-likeness (QED) is 0.744. The summed E-state index contributed by atoms with van der Waals surface area (Å²) in [6.45, 7) is 2.48. The van der Waals surface area contributed by atoms with Gasteiger partial charge in [0.1, 0.15) is 11.3 Å². The third kappa shape index (κ3) is 2.78. The fourth-order valence-electron chi connectivity index (χ4n) is 2.04. The van der Waals surface area contributed by atoms with Crippen molar-refractivity contribution in [3.05, 3.63) is 42.5 Å². The van der Waals surface area contributed by atoms with Gasteiger partial charge in [-0.05, 0) is 18.2 Å². The molecule has 5 nitrogen and oxygen atoms in total. The first-order valence-corrected chi connectivity index (χ1v) is 7.27. The fraction of sp³-hybridized carbons (Fsp3) is 0.214. The zero-order chi connectivity index (χ0) is 14.8. The van der Waals surface area contributed by atoms with Crippen LogP contribution in [-0.2, 0) is 11.3 Å². The molecular weight excluding hydrogens is 291 g/mol. The molecule has 1 aromatic carbocycles. The van der Waals surface area contributed by atoms with Crippen molar-refractivity contribution in [3.63, 3.8) is 0 Å². The molecule has 1 amide bonds. The molecule has 0 saturated heterocycles. The van der Waals surface area contributed by atoms with E-state index in [4.69, 9.17) is 0 Å². The summed E-state index contributed by atoms with van der Waals surface area (Å²) < 4.78 is 16.2. The van der Waals surface area contributed by atoms with Gasteiger partial charge in [0, 0.05) is 25.9 Å². The minimum absolute atomic E-state index is 0.123. The van der Waals surface area contributed by atoms with Gasteiger partial charge in [0.15, 0.2) is 5.13 Å². The van der Waals surface area contributed by atoms with Crippen LogP contribution < -0.4 is 4.90 Å². The van der Waals surface area contributed by atoms with E-state index in [-0.39, 0.29) is 11.7 Å². The zero-order valence-corrected chi connectivity index (χ0v) is 12.2. The Morgan fingerprint density at radius 3 is 2.95 bits per heavy atom. The molecule has 0 N–H and O–H groups in total. The summed E-state index contributed by atoms with van der Waals surface area (Å²) in [5, 5.41) is 4.61. The maximum absolute atomic E-state index is 13.7. The van der Waals surface area contributed by atoms with E-state index in [9.17, 15) is 9.18 Å². The van der Waals surface area contributed by atoms with Gasteiger partial charge >= 0.3 is 0 Å². The van der Waals surface area contributed by atoms with Crippen molar-refractivity contribution < 1.29 is 9.18 Å². The van der Waals surface area contributed by atoms with Gasteiger partial charge < -0.3 is 0 Å². The summed E-state index contributed by atoms with van der Waals surface area (Å²) in [7, 11) is 0. The Balaban J connectivity index is 1.88. The van der Waals surface area contributed by atoms with Crippen LogP contribution in [0.25, 0.3) is 10.2 Å². The molecule has 0 aliphatic carbocycles. The largest absolute Gasteiger partial charge is 0.286 e. The first-order chi connectivity index (χ1) is 10.1. The highest BCUT2D eigenvalue weighted by Gasteiger charge is 2.17. The van der Waals surface area contributed by atoms with Crippen molar-refractivity contribution in [3.8, 4) is 0 Å². The Hall–Kier alpha value is -2.28. The van der Waals surface area contributed by atoms with Gasteiger partial charge in [0.05, 0.1) is 11.2 Å². The molecule has 0 spiro atoms. The third-order valence-corrected chi connectivity index (χ3v) is 4.12. The van der Waals surface area contributed by atoms with E-state index in [2.05, 4.69) is 10.1 Å². The topological polar surface area (TPSA) is 51.0 Å². The lowest BCUT2D eigenvalue weighted by atomic mass is 10.3. The molecule has 2 heterocycles. The maximum atomic E-state index is 13.7. The summed E-state index contributed by atoms with van der Waals surface area (Å²) in [5.74, 6) is -0.493. The van der Waals surface area contributed by atoms with Crippen molar-refractivity contribution in [2.24, 2.45) is 0 Å². The van der Waals surface area contributed by atoms with E-state index in [0.29, 0.717) is 23.7 Å². The molecule has 21 heavy (non-hydrogen) atoms. The van der Waals surface area contributed by atoms with E-state index in [1.807, 2.05) is 12.3 Å². The smallest absolute Gasteiger partial charge is 0.225 e. The first kappa shape index (κ1) is 13.7. The van der Waals surface area contributed by atoms with Crippen LogP contribution in [0.2, 0.25) is 0 Å². The number of benzene rings is 1. The molecule has 0 aliphatic heterocycles. The SMILES string of the molecule is CC(=O)N(CCn1cccn1)c1nc2c(F)cccc2s1. The van der Waals surface area contributed by atoms with E-state index in [1.54, 1.807) is 27.9 Å². The van der Waals surface area contributed by atoms with Crippen molar-refractivity contribution in [2.75, 3.05) is 11.4 Å². The van der Waals surface area contributed by atoms with Gasteiger partial charge in [0.25, 0.3) is 0 Å². The Labute approximate surface area is 124 Å². The normalized spacial score (nSPS) is 11.0. The molecule has 108 valence electrons. The second-order valence-corrected chi connectivity index (χ2v) is 5.53. The predicted molar refractivity (Wildman–Crippen MR) is 79.8 cm³/mol. The summed E-state index contributed by atoms with van der Waals surface area (Å²) in [4.78, 5) is 17.6. The van der Waals surface area contributed by atoms with E-state index in [0.717, 1.165) is 4.70 Å². The molecule has 0 radical (unpaired) electrons. The lowest BCUT2D eigenvalue weighted by Crippen LogP contribution is -2.31. The highest BCUT2D eigenvalue weighted by molar-refractivity contribution is 7.22. The van der Waals surface area contributed by atoms with E-state index >= 15 is 0 Å². The van der Waals surface area contributed by atoms with Gasteiger partial charge in [0.2, 0.25) is 5.91 Å². The van der Waals surface area contributed by atoms with Crippen LogP contribution in [0, 0.1) is 5.82 Å². The number of rotatable bonds is 4. The summed E-state index contributed by atoms with van der Waals surface area (Å²) in [6.07, 6.45) is 3.52. The molecular formula is C14H13FN4OS.